The molecule has 0 aromatic carbocycles. The van der Waals surface area contributed by atoms with Crippen molar-refractivity contribution in [3.8, 4) is 0 Å². The van der Waals surface area contributed by atoms with Gasteiger partial charge in [-0.15, -0.1) is 0 Å². The van der Waals surface area contributed by atoms with Crippen LogP contribution in [-0.2, 0) is 9.16 Å². The van der Waals surface area contributed by atoms with E-state index in [4.69, 9.17) is 9.16 Å². The van der Waals surface area contributed by atoms with Gasteiger partial charge in [0.2, 0.25) is 8.32 Å². The van der Waals surface area contributed by atoms with Gasteiger partial charge < -0.3 is 9.16 Å². The van der Waals surface area contributed by atoms with Gasteiger partial charge in [0.1, 0.15) is 6.10 Å². The number of carbonyl (C=O) groups excluding carboxylic acids is 2. The number of hydrogen-bond donors (Lipinski definition) is 0. The van der Waals surface area contributed by atoms with Gasteiger partial charge in [-0.3, -0.25) is 0 Å². The molecule has 0 aromatic heterocycles. The number of rotatable bonds is 2. The highest BCUT2D eigenvalue weighted by atomic mass is 28.4. The van der Waals surface area contributed by atoms with Crippen LogP contribution in [-0.4, -0.2) is 26.6 Å². The van der Waals surface area contributed by atoms with Gasteiger partial charge in [-0.1, -0.05) is 16.6 Å². The predicted octanol–water partition coefficient (Wildman–Crippen LogP) is 3.88. The van der Waals surface area contributed by atoms with Crippen molar-refractivity contribution in [3.05, 3.63) is 0 Å². The van der Waals surface area contributed by atoms with E-state index in [1.165, 1.54) is 6.42 Å². The first-order valence-corrected chi connectivity index (χ1v) is 9.63. The third kappa shape index (κ3) is 6.48. The summed E-state index contributed by atoms with van der Waals surface area (Å²) in [6.07, 6.45) is 3.31. The highest BCUT2D eigenvalue weighted by molar-refractivity contribution is 6.71. The number of azo groups is 1. The van der Waals surface area contributed by atoms with E-state index in [0.29, 0.717) is 0 Å². The van der Waals surface area contributed by atoms with Crippen LogP contribution in [0.2, 0.25) is 19.6 Å². The zero-order valence-corrected chi connectivity index (χ0v) is 12.1. The molecule has 18 heavy (non-hydrogen) atoms. The molecular weight excluding hydrogens is 252 g/mol. The molecule has 0 radical (unpaired) electrons. The third-order valence-electron chi connectivity index (χ3n) is 2.43. The normalized spacial score (nSPS) is 17.7. The summed E-state index contributed by atoms with van der Waals surface area (Å²) in [5.41, 5.74) is 0. The molecule has 6 nitrogen and oxygen atoms in total. The lowest BCUT2D eigenvalue weighted by molar-refractivity contribution is 0.0816. The van der Waals surface area contributed by atoms with Gasteiger partial charge in [0, 0.05) is 0 Å². The molecule has 1 rings (SSSR count). The Bertz CT molecular complexity index is 332. The zero-order chi connectivity index (χ0) is 13.6. The van der Waals surface area contributed by atoms with Crippen molar-refractivity contribution in [3.63, 3.8) is 0 Å². The summed E-state index contributed by atoms with van der Waals surface area (Å²) in [7, 11) is -1.99. The second kappa shape index (κ2) is 6.63. The smallest absolute Gasteiger partial charge is 0.452 e. The maximum absolute atomic E-state index is 11.3. The van der Waals surface area contributed by atoms with Gasteiger partial charge >= 0.3 is 12.2 Å². The van der Waals surface area contributed by atoms with Crippen LogP contribution in [0.4, 0.5) is 9.59 Å². The number of amides is 2. The minimum absolute atomic E-state index is 0.0850. The average molecular weight is 272 g/mol. The molecule has 1 saturated carbocycles. The van der Waals surface area contributed by atoms with Crippen LogP contribution < -0.4 is 0 Å². The van der Waals surface area contributed by atoms with Crippen molar-refractivity contribution >= 4 is 20.5 Å². The quantitative estimate of drug-likeness (QED) is 0.564. The van der Waals surface area contributed by atoms with Crippen LogP contribution in [0.15, 0.2) is 10.2 Å². The monoisotopic (exact) mass is 272 g/mol. The third-order valence-corrected chi connectivity index (χ3v) is 3.21. The van der Waals surface area contributed by atoms with Crippen molar-refractivity contribution in [1.29, 1.82) is 0 Å². The molecule has 0 spiro atoms. The van der Waals surface area contributed by atoms with Crippen molar-refractivity contribution in [2.24, 2.45) is 10.2 Å². The van der Waals surface area contributed by atoms with Crippen LogP contribution in [0.1, 0.15) is 32.1 Å². The fourth-order valence-corrected chi connectivity index (χ4v) is 2.28. The second-order valence-electron chi connectivity index (χ2n) is 5.32. The Balaban J connectivity index is 2.32. The molecule has 0 saturated heterocycles. The van der Waals surface area contributed by atoms with E-state index in [2.05, 4.69) is 10.2 Å². The van der Waals surface area contributed by atoms with E-state index in [-0.39, 0.29) is 6.10 Å². The van der Waals surface area contributed by atoms with Crippen LogP contribution >= 0.6 is 0 Å². The van der Waals surface area contributed by atoms with Crippen LogP contribution in [0, 0.1) is 0 Å². The fourth-order valence-electron chi connectivity index (χ4n) is 1.71. The van der Waals surface area contributed by atoms with E-state index in [1.54, 1.807) is 0 Å². The standard InChI is InChI=1S/C11H20N2O4Si/c1-18(2,3)17-11(15)13-12-10(14)16-9-7-5-4-6-8-9/h9H,4-8H2,1-3H3. The summed E-state index contributed by atoms with van der Waals surface area (Å²) in [6.45, 7) is 5.54. The molecule has 1 aliphatic carbocycles. The molecule has 2 amide bonds. The summed E-state index contributed by atoms with van der Waals surface area (Å²) in [4.78, 5) is 22.5. The molecule has 0 unspecified atom stereocenters. The summed E-state index contributed by atoms with van der Waals surface area (Å²) in [5, 5.41) is 6.41. The molecular formula is C11H20N2O4Si. The van der Waals surface area contributed by atoms with Crippen molar-refractivity contribution in [2.75, 3.05) is 0 Å². The van der Waals surface area contributed by atoms with Gasteiger partial charge in [-0.25, -0.2) is 9.59 Å². The van der Waals surface area contributed by atoms with Gasteiger partial charge in [0.25, 0.3) is 0 Å². The first-order valence-electron chi connectivity index (χ1n) is 6.22. The van der Waals surface area contributed by atoms with Crippen LogP contribution in [0.3, 0.4) is 0 Å². The van der Waals surface area contributed by atoms with Gasteiger partial charge in [-0.05, 0) is 45.3 Å². The molecule has 0 aromatic rings. The SMILES string of the molecule is C[Si](C)(C)OC(=O)N=NC(=O)OC1CCCCC1. The van der Waals surface area contributed by atoms with Crippen molar-refractivity contribution in [1.82, 2.24) is 0 Å². The van der Waals surface area contributed by atoms with E-state index in [0.717, 1.165) is 25.7 Å². The lowest BCUT2D eigenvalue weighted by Gasteiger charge is -2.20. The molecule has 1 aliphatic rings. The Labute approximate surface area is 108 Å². The molecule has 102 valence electrons. The minimum Gasteiger partial charge on any atom is -0.502 e. The lowest BCUT2D eigenvalue weighted by atomic mass is 9.98. The van der Waals surface area contributed by atoms with Crippen LogP contribution in [0.25, 0.3) is 0 Å². The summed E-state index contributed by atoms with van der Waals surface area (Å²) >= 11 is 0. The topological polar surface area (TPSA) is 77.3 Å². The van der Waals surface area contributed by atoms with Crippen molar-refractivity contribution in [2.45, 2.75) is 57.8 Å². The maximum atomic E-state index is 11.3. The molecule has 0 atom stereocenters. The van der Waals surface area contributed by atoms with E-state index < -0.39 is 20.5 Å². The molecule has 0 N–H and O–H groups in total. The Hall–Kier alpha value is -1.24. The van der Waals surface area contributed by atoms with Crippen molar-refractivity contribution < 1.29 is 18.8 Å². The van der Waals surface area contributed by atoms with Gasteiger partial charge in [-0.2, -0.15) is 0 Å². The second-order valence-corrected chi connectivity index (χ2v) is 9.75. The minimum atomic E-state index is -1.99. The molecule has 0 aliphatic heterocycles. The average Bonchev–Trinajstić information content (AvgIpc) is 2.25. The molecule has 7 heteroatoms. The lowest BCUT2D eigenvalue weighted by Crippen LogP contribution is -2.27. The summed E-state index contributed by atoms with van der Waals surface area (Å²) in [6, 6.07) is 0. The Morgan fingerprint density at radius 1 is 1.00 bits per heavy atom. The Morgan fingerprint density at radius 3 is 2.11 bits per heavy atom. The largest absolute Gasteiger partial charge is 0.502 e. The van der Waals surface area contributed by atoms with E-state index in [1.807, 2.05) is 19.6 Å². The maximum Gasteiger partial charge on any atom is 0.452 e. The highest BCUT2D eigenvalue weighted by Crippen LogP contribution is 2.20. The predicted molar refractivity (Wildman–Crippen MR) is 68.0 cm³/mol. The number of hydrogen-bond acceptors (Lipinski definition) is 4. The first-order chi connectivity index (χ1) is 8.37. The van der Waals surface area contributed by atoms with Gasteiger partial charge in [0.15, 0.2) is 0 Å². The number of nitrogens with zero attached hydrogens (tertiary/aromatic N) is 2. The van der Waals surface area contributed by atoms with E-state index >= 15 is 0 Å². The number of ether oxygens (including phenoxy) is 1. The summed E-state index contributed by atoms with van der Waals surface area (Å²) in [5.74, 6) is 0. The number of carbonyl (C=O) groups is 2. The molecule has 0 heterocycles. The summed E-state index contributed by atoms with van der Waals surface area (Å²) < 4.78 is 10.1. The zero-order valence-electron chi connectivity index (χ0n) is 11.1. The first kappa shape index (κ1) is 14.8. The Morgan fingerprint density at radius 2 is 1.56 bits per heavy atom. The molecule has 0 bridgehead atoms. The van der Waals surface area contributed by atoms with E-state index in [9.17, 15) is 9.59 Å². The molecule has 1 fully saturated rings. The highest BCUT2D eigenvalue weighted by Gasteiger charge is 2.21. The van der Waals surface area contributed by atoms with Crippen LogP contribution in [0.5, 0.6) is 0 Å². The van der Waals surface area contributed by atoms with Gasteiger partial charge in [0.05, 0.1) is 0 Å². The fraction of sp³-hybridized carbons (Fsp3) is 0.818. The Kier molecular flexibility index (Phi) is 5.45.